The highest BCUT2D eigenvalue weighted by Gasteiger charge is 2.54. The van der Waals surface area contributed by atoms with Crippen LogP contribution in [-0.4, -0.2) is 23.0 Å². The number of hydrogen-bond acceptors (Lipinski definition) is 3. The summed E-state index contributed by atoms with van der Waals surface area (Å²) in [7, 11) is 0. The van der Waals surface area contributed by atoms with Gasteiger partial charge < -0.3 is 10.1 Å². The second-order valence-electron chi connectivity index (χ2n) is 6.24. The molecule has 1 spiro atoms. The van der Waals surface area contributed by atoms with Gasteiger partial charge in [0.15, 0.2) is 0 Å². The molecule has 1 amide bonds. The Labute approximate surface area is 102 Å². The summed E-state index contributed by atoms with van der Waals surface area (Å²) < 4.78 is 5.46. The van der Waals surface area contributed by atoms with Crippen LogP contribution in [0.3, 0.4) is 0 Å². The molecule has 0 radical (unpaired) electrons. The fourth-order valence-electron chi connectivity index (χ4n) is 2.90. The van der Waals surface area contributed by atoms with Gasteiger partial charge in [0, 0.05) is 5.54 Å². The third-order valence-electron chi connectivity index (χ3n) is 3.59. The molecule has 96 valence electrons. The predicted octanol–water partition coefficient (Wildman–Crippen LogP) is 1.78. The predicted molar refractivity (Wildman–Crippen MR) is 63.3 cm³/mol. The zero-order valence-corrected chi connectivity index (χ0v) is 10.8. The van der Waals surface area contributed by atoms with Gasteiger partial charge in [0.2, 0.25) is 5.91 Å². The van der Waals surface area contributed by atoms with Crippen molar-refractivity contribution < 1.29 is 14.3 Å². The summed E-state index contributed by atoms with van der Waals surface area (Å²) in [6.45, 7) is 5.84. The van der Waals surface area contributed by atoms with Crippen LogP contribution >= 0.6 is 0 Å². The maximum Gasteiger partial charge on any atom is 0.307 e. The summed E-state index contributed by atoms with van der Waals surface area (Å²) in [6, 6.07) is 0. The van der Waals surface area contributed by atoms with Gasteiger partial charge >= 0.3 is 5.97 Å². The van der Waals surface area contributed by atoms with Crippen LogP contribution in [0.25, 0.3) is 0 Å². The summed E-state index contributed by atoms with van der Waals surface area (Å²) in [5.74, 6) is -0.553. The number of carbonyl (C=O) groups is 2. The van der Waals surface area contributed by atoms with Crippen LogP contribution < -0.4 is 5.32 Å². The van der Waals surface area contributed by atoms with Gasteiger partial charge in [0.1, 0.15) is 5.60 Å². The number of carbonyl (C=O) groups excluding carboxylic acids is 2. The molecule has 0 aromatic rings. The van der Waals surface area contributed by atoms with E-state index in [4.69, 9.17) is 4.74 Å². The van der Waals surface area contributed by atoms with E-state index in [1.165, 1.54) is 0 Å². The Morgan fingerprint density at radius 2 is 1.94 bits per heavy atom. The van der Waals surface area contributed by atoms with E-state index in [-0.39, 0.29) is 29.8 Å². The molecule has 2 rings (SSSR count). The molecule has 4 heteroatoms. The van der Waals surface area contributed by atoms with Crippen molar-refractivity contribution in [3.63, 3.8) is 0 Å². The molecule has 0 bridgehead atoms. The largest absolute Gasteiger partial charge is 0.458 e. The Morgan fingerprint density at radius 3 is 2.47 bits per heavy atom. The molecular weight excluding hydrogens is 218 g/mol. The number of ether oxygens (including phenoxy) is 1. The van der Waals surface area contributed by atoms with Crippen molar-refractivity contribution in [1.82, 2.24) is 5.32 Å². The van der Waals surface area contributed by atoms with Gasteiger partial charge in [0.05, 0.1) is 12.3 Å². The van der Waals surface area contributed by atoms with Crippen molar-refractivity contribution >= 4 is 11.9 Å². The molecule has 1 unspecified atom stereocenters. The van der Waals surface area contributed by atoms with Crippen LogP contribution in [0.2, 0.25) is 0 Å². The monoisotopic (exact) mass is 239 g/mol. The van der Waals surface area contributed by atoms with Gasteiger partial charge in [-0.1, -0.05) is 0 Å². The molecule has 0 aromatic heterocycles. The van der Waals surface area contributed by atoms with Crippen molar-refractivity contribution in [2.24, 2.45) is 5.92 Å². The highest BCUT2D eigenvalue weighted by atomic mass is 16.6. The van der Waals surface area contributed by atoms with Gasteiger partial charge in [-0.05, 0) is 46.5 Å². The molecule has 0 aromatic carbocycles. The molecule has 1 heterocycles. The number of amides is 1. The van der Waals surface area contributed by atoms with Crippen molar-refractivity contribution in [3.05, 3.63) is 0 Å². The molecule has 2 aliphatic rings. The normalized spacial score (nSPS) is 27.2. The first-order valence-electron chi connectivity index (χ1n) is 6.36. The molecule has 1 saturated carbocycles. The summed E-state index contributed by atoms with van der Waals surface area (Å²) in [4.78, 5) is 23.7. The van der Waals surface area contributed by atoms with Gasteiger partial charge in [-0.3, -0.25) is 9.59 Å². The van der Waals surface area contributed by atoms with E-state index < -0.39 is 5.60 Å². The first kappa shape index (κ1) is 12.4. The van der Waals surface area contributed by atoms with E-state index in [0.29, 0.717) is 0 Å². The van der Waals surface area contributed by atoms with Gasteiger partial charge in [0.25, 0.3) is 0 Å². The van der Waals surface area contributed by atoms with Gasteiger partial charge in [-0.15, -0.1) is 0 Å². The zero-order chi connectivity index (χ0) is 12.7. The third-order valence-corrected chi connectivity index (χ3v) is 3.59. The standard InChI is InChI=1S/C13H21NO3/c1-12(2,3)14-11(16)9-8-10(15)17-13(9)6-4-5-7-13/h9H,4-8H2,1-3H3,(H,14,16). The number of hydrogen-bond donors (Lipinski definition) is 1. The van der Waals surface area contributed by atoms with E-state index in [0.717, 1.165) is 25.7 Å². The van der Waals surface area contributed by atoms with Crippen LogP contribution in [-0.2, 0) is 14.3 Å². The lowest BCUT2D eigenvalue weighted by Gasteiger charge is -2.30. The van der Waals surface area contributed by atoms with Crippen LogP contribution in [0.15, 0.2) is 0 Å². The molecule has 1 aliphatic heterocycles. The smallest absolute Gasteiger partial charge is 0.307 e. The maximum absolute atomic E-state index is 12.2. The van der Waals surface area contributed by atoms with Crippen molar-refractivity contribution in [1.29, 1.82) is 0 Å². The number of nitrogens with one attached hydrogen (secondary N) is 1. The Kier molecular flexibility index (Phi) is 2.92. The Balaban J connectivity index is 2.13. The molecule has 4 nitrogen and oxygen atoms in total. The molecule has 1 aliphatic carbocycles. The summed E-state index contributed by atoms with van der Waals surface area (Å²) >= 11 is 0. The van der Waals surface area contributed by atoms with Crippen molar-refractivity contribution in [2.75, 3.05) is 0 Å². The van der Waals surface area contributed by atoms with Crippen LogP contribution in [0.4, 0.5) is 0 Å². The van der Waals surface area contributed by atoms with Crippen molar-refractivity contribution in [2.45, 2.75) is 64.0 Å². The van der Waals surface area contributed by atoms with Gasteiger partial charge in [-0.2, -0.15) is 0 Å². The minimum Gasteiger partial charge on any atom is -0.458 e. The quantitative estimate of drug-likeness (QED) is 0.710. The Bertz CT molecular complexity index is 337. The van der Waals surface area contributed by atoms with E-state index in [1.54, 1.807) is 0 Å². The summed E-state index contributed by atoms with van der Waals surface area (Å²) in [6.07, 6.45) is 4.00. The summed E-state index contributed by atoms with van der Waals surface area (Å²) in [5.41, 5.74) is -0.755. The highest BCUT2D eigenvalue weighted by Crippen LogP contribution is 2.45. The highest BCUT2D eigenvalue weighted by molar-refractivity contribution is 5.88. The van der Waals surface area contributed by atoms with E-state index in [2.05, 4.69) is 5.32 Å². The molecule has 2 fully saturated rings. The Morgan fingerprint density at radius 1 is 1.35 bits per heavy atom. The molecular formula is C13H21NO3. The first-order valence-corrected chi connectivity index (χ1v) is 6.36. The lowest BCUT2D eigenvalue weighted by Crippen LogP contribution is -2.49. The fraction of sp³-hybridized carbons (Fsp3) is 0.846. The average Bonchev–Trinajstić information content (AvgIpc) is 2.72. The maximum atomic E-state index is 12.2. The molecule has 1 atom stereocenters. The SMILES string of the molecule is CC(C)(C)NC(=O)C1CC(=O)OC12CCCC2. The lowest BCUT2D eigenvalue weighted by molar-refractivity contribution is -0.150. The van der Waals surface area contributed by atoms with E-state index in [9.17, 15) is 9.59 Å². The first-order chi connectivity index (χ1) is 7.82. The zero-order valence-electron chi connectivity index (χ0n) is 10.8. The second-order valence-corrected chi connectivity index (χ2v) is 6.24. The fourth-order valence-corrected chi connectivity index (χ4v) is 2.90. The minimum atomic E-state index is -0.494. The number of esters is 1. The molecule has 1 saturated heterocycles. The Hall–Kier alpha value is -1.06. The van der Waals surface area contributed by atoms with Gasteiger partial charge in [-0.25, -0.2) is 0 Å². The topological polar surface area (TPSA) is 55.4 Å². The molecule has 17 heavy (non-hydrogen) atoms. The second kappa shape index (κ2) is 4.00. The minimum absolute atomic E-state index is 0.0368. The van der Waals surface area contributed by atoms with Crippen LogP contribution in [0.5, 0.6) is 0 Å². The van der Waals surface area contributed by atoms with Crippen LogP contribution in [0.1, 0.15) is 52.9 Å². The van der Waals surface area contributed by atoms with E-state index >= 15 is 0 Å². The van der Waals surface area contributed by atoms with Crippen molar-refractivity contribution in [3.8, 4) is 0 Å². The average molecular weight is 239 g/mol. The van der Waals surface area contributed by atoms with E-state index in [1.807, 2.05) is 20.8 Å². The third kappa shape index (κ3) is 2.45. The van der Waals surface area contributed by atoms with Crippen LogP contribution in [0, 0.1) is 5.92 Å². The number of rotatable bonds is 1. The molecule has 1 N–H and O–H groups in total. The summed E-state index contributed by atoms with van der Waals surface area (Å²) in [5, 5.41) is 2.96. The lowest BCUT2D eigenvalue weighted by atomic mass is 9.84.